The molecule has 2 amide bonds. The average molecular weight is 372 g/mol. The quantitative estimate of drug-likeness (QED) is 0.816. The molecule has 3 rings (SSSR count). The Kier molecular flexibility index (Phi) is 6.04. The van der Waals surface area contributed by atoms with Crippen LogP contribution in [0.3, 0.4) is 0 Å². The Morgan fingerprint density at radius 1 is 1.15 bits per heavy atom. The van der Waals surface area contributed by atoms with Crippen LogP contribution in [0.5, 0.6) is 0 Å². The molecular weight excluding hydrogens is 346 g/mol. The first-order valence-electron chi connectivity index (χ1n) is 9.14. The predicted octanol–water partition coefficient (Wildman–Crippen LogP) is 4.84. The van der Waals surface area contributed by atoms with E-state index in [1.54, 1.807) is 4.90 Å². The molecule has 26 heavy (non-hydrogen) atoms. The first-order chi connectivity index (χ1) is 12.5. The molecule has 2 aromatic rings. The van der Waals surface area contributed by atoms with E-state index in [-0.39, 0.29) is 12.1 Å². The van der Waals surface area contributed by atoms with Crippen LogP contribution in [-0.2, 0) is 6.54 Å². The summed E-state index contributed by atoms with van der Waals surface area (Å²) < 4.78 is 0. The Bertz CT molecular complexity index is 741. The predicted molar refractivity (Wildman–Crippen MR) is 108 cm³/mol. The van der Waals surface area contributed by atoms with Gasteiger partial charge in [-0.1, -0.05) is 41.9 Å². The van der Waals surface area contributed by atoms with E-state index in [0.717, 1.165) is 18.7 Å². The van der Waals surface area contributed by atoms with E-state index < -0.39 is 0 Å². The number of para-hydroxylation sites is 1. The number of halogens is 1. The second kappa shape index (κ2) is 8.45. The summed E-state index contributed by atoms with van der Waals surface area (Å²) in [5, 5.41) is 3.75. The zero-order valence-electron chi connectivity index (χ0n) is 15.4. The lowest BCUT2D eigenvalue weighted by atomic mass is 10.1. The van der Waals surface area contributed by atoms with Crippen LogP contribution >= 0.6 is 11.6 Å². The maximum absolute atomic E-state index is 12.6. The molecule has 1 unspecified atom stereocenters. The van der Waals surface area contributed by atoms with E-state index in [2.05, 4.69) is 28.4 Å². The first kappa shape index (κ1) is 18.6. The van der Waals surface area contributed by atoms with Gasteiger partial charge in [0.2, 0.25) is 0 Å². The number of nitrogens with one attached hydrogen (secondary N) is 1. The molecule has 1 saturated heterocycles. The standard InChI is InChI=1S/C21H26ClN3O/c1-16(17-9-11-19(22)12-10-17)23-21(26)24(2)15-18-7-3-4-8-20(18)25-13-5-6-14-25/h3-4,7-12,16H,5-6,13-15H2,1-2H3,(H,23,26). The maximum Gasteiger partial charge on any atom is 0.317 e. The summed E-state index contributed by atoms with van der Waals surface area (Å²) in [5.41, 5.74) is 3.47. The van der Waals surface area contributed by atoms with Gasteiger partial charge in [-0.25, -0.2) is 4.79 Å². The number of urea groups is 1. The van der Waals surface area contributed by atoms with E-state index in [4.69, 9.17) is 11.6 Å². The molecule has 1 fully saturated rings. The minimum absolute atomic E-state index is 0.0731. The second-order valence-corrected chi connectivity index (χ2v) is 7.34. The molecule has 1 N–H and O–H groups in total. The number of amides is 2. The van der Waals surface area contributed by atoms with Gasteiger partial charge in [-0.3, -0.25) is 0 Å². The van der Waals surface area contributed by atoms with Gasteiger partial charge in [0.05, 0.1) is 6.04 Å². The molecule has 0 spiro atoms. The number of rotatable bonds is 5. The number of benzene rings is 2. The highest BCUT2D eigenvalue weighted by molar-refractivity contribution is 6.30. The van der Waals surface area contributed by atoms with Crippen molar-refractivity contribution in [3.05, 3.63) is 64.7 Å². The molecule has 0 bridgehead atoms. The number of hydrogen-bond acceptors (Lipinski definition) is 2. The molecule has 2 aromatic carbocycles. The summed E-state index contributed by atoms with van der Waals surface area (Å²) in [6.07, 6.45) is 2.48. The highest BCUT2D eigenvalue weighted by Gasteiger charge is 2.18. The third-order valence-electron chi connectivity index (χ3n) is 4.90. The van der Waals surface area contributed by atoms with Crippen LogP contribution < -0.4 is 10.2 Å². The van der Waals surface area contributed by atoms with Gasteiger partial charge in [0.25, 0.3) is 0 Å². The molecule has 1 heterocycles. The number of carbonyl (C=O) groups excluding carboxylic acids is 1. The Labute approximate surface area is 160 Å². The number of hydrogen-bond donors (Lipinski definition) is 1. The molecule has 138 valence electrons. The minimum atomic E-state index is -0.0799. The van der Waals surface area contributed by atoms with Gasteiger partial charge < -0.3 is 15.1 Å². The van der Waals surface area contributed by atoms with Gasteiger partial charge in [0.1, 0.15) is 0 Å². The zero-order chi connectivity index (χ0) is 18.5. The second-order valence-electron chi connectivity index (χ2n) is 6.90. The molecule has 4 nitrogen and oxygen atoms in total. The Morgan fingerprint density at radius 2 is 1.81 bits per heavy atom. The van der Waals surface area contributed by atoms with E-state index in [1.165, 1.54) is 24.1 Å². The number of carbonyl (C=O) groups is 1. The van der Waals surface area contributed by atoms with Crippen molar-refractivity contribution in [2.75, 3.05) is 25.0 Å². The summed E-state index contributed by atoms with van der Waals surface area (Å²) in [6, 6.07) is 15.8. The Hall–Kier alpha value is -2.20. The highest BCUT2D eigenvalue weighted by atomic mass is 35.5. The average Bonchev–Trinajstić information content (AvgIpc) is 3.17. The van der Waals surface area contributed by atoms with Crippen molar-refractivity contribution in [3.63, 3.8) is 0 Å². The molecule has 5 heteroatoms. The first-order valence-corrected chi connectivity index (χ1v) is 9.52. The van der Waals surface area contributed by atoms with E-state index in [9.17, 15) is 4.79 Å². The van der Waals surface area contributed by atoms with E-state index in [0.29, 0.717) is 11.6 Å². The van der Waals surface area contributed by atoms with Crippen LogP contribution in [0.4, 0.5) is 10.5 Å². The molecular formula is C21H26ClN3O. The van der Waals surface area contributed by atoms with Crippen molar-refractivity contribution < 1.29 is 4.79 Å². The van der Waals surface area contributed by atoms with Gasteiger partial charge in [-0.15, -0.1) is 0 Å². The fourth-order valence-electron chi connectivity index (χ4n) is 3.37. The smallest absolute Gasteiger partial charge is 0.317 e. The molecule has 0 saturated carbocycles. The summed E-state index contributed by atoms with van der Waals surface area (Å²) in [7, 11) is 1.84. The third-order valence-corrected chi connectivity index (χ3v) is 5.15. The minimum Gasteiger partial charge on any atom is -0.371 e. The normalized spacial score (nSPS) is 15.0. The van der Waals surface area contributed by atoms with Gasteiger partial charge in [0, 0.05) is 37.4 Å². The molecule has 1 atom stereocenters. The zero-order valence-corrected chi connectivity index (χ0v) is 16.2. The van der Waals surface area contributed by atoms with Gasteiger partial charge in [-0.2, -0.15) is 0 Å². The summed E-state index contributed by atoms with van der Waals surface area (Å²) in [6.45, 7) is 4.76. The maximum atomic E-state index is 12.6. The lowest BCUT2D eigenvalue weighted by Gasteiger charge is -2.25. The SMILES string of the molecule is CC(NC(=O)N(C)Cc1ccccc1N1CCCC1)c1ccc(Cl)cc1. The van der Waals surface area contributed by atoms with Gasteiger partial charge in [0.15, 0.2) is 0 Å². The van der Waals surface area contributed by atoms with Crippen molar-refractivity contribution in [2.24, 2.45) is 0 Å². The summed E-state index contributed by atoms with van der Waals surface area (Å²) in [5.74, 6) is 0. The fourth-order valence-corrected chi connectivity index (χ4v) is 3.49. The van der Waals surface area contributed by atoms with Crippen LogP contribution in [0.25, 0.3) is 0 Å². The summed E-state index contributed by atoms with van der Waals surface area (Å²) >= 11 is 5.93. The molecule has 0 aromatic heterocycles. The van der Waals surface area contributed by atoms with Gasteiger partial charge >= 0.3 is 6.03 Å². The summed E-state index contributed by atoms with van der Waals surface area (Å²) in [4.78, 5) is 16.8. The molecule has 1 aliphatic rings. The molecule has 0 radical (unpaired) electrons. The van der Waals surface area contributed by atoms with Gasteiger partial charge in [-0.05, 0) is 49.1 Å². The largest absolute Gasteiger partial charge is 0.371 e. The van der Waals surface area contributed by atoms with E-state index >= 15 is 0 Å². The van der Waals surface area contributed by atoms with Crippen molar-refractivity contribution in [2.45, 2.75) is 32.4 Å². The lowest BCUT2D eigenvalue weighted by molar-refractivity contribution is 0.203. The third kappa shape index (κ3) is 4.50. The fraction of sp³-hybridized carbons (Fsp3) is 0.381. The molecule has 0 aliphatic carbocycles. The Balaban J connectivity index is 1.63. The van der Waals surface area contributed by atoms with Crippen LogP contribution in [-0.4, -0.2) is 31.1 Å². The van der Waals surface area contributed by atoms with E-state index in [1.807, 2.05) is 44.3 Å². The van der Waals surface area contributed by atoms with Crippen LogP contribution in [0.1, 0.15) is 36.9 Å². The molecule has 1 aliphatic heterocycles. The Morgan fingerprint density at radius 3 is 2.50 bits per heavy atom. The van der Waals surface area contributed by atoms with Crippen LogP contribution in [0.15, 0.2) is 48.5 Å². The van der Waals surface area contributed by atoms with Crippen molar-refractivity contribution in [1.29, 1.82) is 0 Å². The van der Waals surface area contributed by atoms with Crippen molar-refractivity contribution in [1.82, 2.24) is 10.2 Å². The number of anilines is 1. The monoisotopic (exact) mass is 371 g/mol. The van der Waals surface area contributed by atoms with Crippen molar-refractivity contribution in [3.8, 4) is 0 Å². The van der Waals surface area contributed by atoms with Crippen molar-refractivity contribution >= 4 is 23.3 Å². The van der Waals surface area contributed by atoms with Crippen LogP contribution in [0.2, 0.25) is 5.02 Å². The number of nitrogens with zero attached hydrogens (tertiary/aromatic N) is 2. The lowest BCUT2D eigenvalue weighted by Crippen LogP contribution is -2.38. The topological polar surface area (TPSA) is 35.6 Å². The highest BCUT2D eigenvalue weighted by Crippen LogP contribution is 2.25. The van der Waals surface area contributed by atoms with Crippen LogP contribution in [0, 0.1) is 0 Å².